The highest BCUT2D eigenvalue weighted by molar-refractivity contribution is 5.89. The molecule has 0 N–H and O–H groups in total. The maximum Gasteiger partial charge on any atom is 0.338 e. The van der Waals surface area contributed by atoms with E-state index < -0.39 is 0 Å². The van der Waals surface area contributed by atoms with Crippen molar-refractivity contribution in [2.75, 3.05) is 6.61 Å². The van der Waals surface area contributed by atoms with E-state index in [-0.39, 0.29) is 5.97 Å². The van der Waals surface area contributed by atoms with Gasteiger partial charge in [0.25, 0.3) is 0 Å². The van der Waals surface area contributed by atoms with Crippen molar-refractivity contribution < 1.29 is 9.53 Å². The van der Waals surface area contributed by atoms with Gasteiger partial charge in [-0.05, 0) is 30.9 Å². The molecule has 1 fully saturated rings. The number of hydrogen-bond donors (Lipinski definition) is 0. The molecule has 1 aliphatic rings. The number of aromatic nitrogens is 3. The van der Waals surface area contributed by atoms with Gasteiger partial charge in [0.05, 0.1) is 12.2 Å². The van der Waals surface area contributed by atoms with Crippen LogP contribution < -0.4 is 0 Å². The quantitative estimate of drug-likeness (QED) is 0.788. The Hall–Kier alpha value is -2.17. The fourth-order valence-corrected chi connectivity index (χ4v) is 2.02. The van der Waals surface area contributed by atoms with Crippen molar-refractivity contribution in [2.24, 2.45) is 5.92 Å². The summed E-state index contributed by atoms with van der Waals surface area (Å²) < 4.78 is 7.07. The molecular formula is C14H15N3O2. The number of carbonyl (C=O) groups is 1. The lowest BCUT2D eigenvalue weighted by Gasteiger charge is -2.24. The summed E-state index contributed by atoms with van der Waals surface area (Å²) in [5, 5.41) is 0. The SMILES string of the molecule is O=C(OCC1CCC1)c1ccnc(-n2ccnc2)c1. The molecule has 1 aliphatic carbocycles. The fraction of sp³-hybridized carbons (Fsp3) is 0.357. The van der Waals surface area contributed by atoms with Gasteiger partial charge < -0.3 is 4.74 Å². The van der Waals surface area contributed by atoms with Crippen LogP contribution in [0.2, 0.25) is 0 Å². The molecule has 0 aromatic carbocycles. The maximum atomic E-state index is 11.9. The average Bonchev–Trinajstić information content (AvgIpc) is 2.91. The number of ether oxygens (including phenoxy) is 1. The Morgan fingerprint density at radius 1 is 1.42 bits per heavy atom. The Morgan fingerprint density at radius 2 is 2.32 bits per heavy atom. The van der Waals surface area contributed by atoms with Crippen molar-refractivity contribution in [1.82, 2.24) is 14.5 Å². The van der Waals surface area contributed by atoms with E-state index >= 15 is 0 Å². The van der Waals surface area contributed by atoms with Gasteiger partial charge in [-0.25, -0.2) is 14.8 Å². The molecule has 0 bridgehead atoms. The van der Waals surface area contributed by atoms with E-state index in [0.717, 1.165) is 0 Å². The second-order valence-electron chi connectivity index (χ2n) is 4.77. The number of hydrogen-bond acceptors (Lipinski definition) is 4. The zero-order valence-electron chi connectivity index (χ0n) is 10.5. The molecule has 0 unspecified atom stereocenters. The van der Waals surface area contributed by atoms with Gasteiger partial charge in [0, 0.05) is 18.6 Å². The summed E-state index contributed by atoms with van der Waals surface area (Å²) in [7, 11) is 0. The van der Waals surface area contributed by atoms with Gasteiger partial charge in [-0.1, -0.05) is 6.42 Å². The van der Waals surface area contributed by atoms with Gasteiger partial charge >= 0.3 is 5.97 Å². The van der Waals surface area contributed by atoms with E-state index in [2.05, 4.69) is 9.97 Å². The third kappa shape index (κ3) is 2.65. The summed E-state index contributed by atoms with van der Waals surface area (Å²) in [6, 6.07) is 3.38. The average molecular weight is 257 g/mol. The molecule has 0 amide bonds. The van der Waals surface area contributed by atoms with E-state index in [1.54, 1.807) is 41.6 Å². The van der Waals surface area contributed by atoms with Crippen LogP contribution in [0.5, 0.6) is 0 Å². The summed E-state index contributed by atoms with van der Waals surface area (Å²) in [6.07, 6.45) is 10.3. The Balaban J connectivity index is 1.69. The molecule has 5 heteroatoms. The monoisotopic (exact) mass is 257 g/mol. The van der Waals surface area contributed by atoms with E-state index in [1.165, 1.54) is 19.3 Å². The standard InChI is InChI=1S/C14H15N3O2/c18-14(19-9-11-2-1-3-11)12-4-5-16-13(8-12)17-7-6-15-10-17/h4-8,10-11H,1-3,9H2. The summed E-state index contributed by atoms with van der Waals surface area (Å²) >= 11 is 0. The largest absolute Gasteiger partial charge is 0.462 e. The Labute approximate surface area is 111 Å². The van der Waals surface area contributed by atoms with Crippen LogP contribution in [0.1, 0.15) is 29.6 Å². The number of nitrogens with zero attached hydrogens (tertiary/aromatic N) is 3. The van der Waals surface area contributed by atoms with Gasteiger partial charge in [0.15, 0.2) is 0 Å². The van der Waals surface area contributed by atoms with Crippen molar-refractivity contribution in [3.8, 4) is 5.82 Å². The summed E-state index contributed by atoms with van der Waals surface area (Å²) in [5.74, 6) is 0.935. The summed E-state index contributed by atoms with van der Waals surface area (Å²) in [4.78, 5) is 20.1. The molecule has 0 aliphatic heterocycles. The van der Waals surface area contributed by atoms with Crippen LogP contribution >= 0.6 is 0 Å². The minimum Gasteiger partial charge on any atom is -0.462 e. The Morgan fingerprint density at radius 3 is 3.00 bits per heavy atom. The van der Waals surface area contributed by atoms with Gasteiger partial charge in [-0.3, -0.25) is 4.57 Å². The third-order valence-corrected chi connectivity index (χ3v) is 3.43. The van der Waals surface area contributed by atoms with Crippen LogP contribution in [-0.4, -0.2) is 27.1 Å². The molecular weight excluding hydrogens is 242 g/mol. The lowest BCUT2D eigenvalue weighted by Crippen LogP contribution is -2.20. The molecule has 2 heterocycles. The summed E-state index contributed by atoms with van der Waals surface area (Å²) in [6.45, 7) is 0.529. The van der Waals surface area contributed by atoms with Crippen molar-refractivity contribution in [3.05, 3.63) is 42.6 Å². The van der Waals surface area contributed by atoms with Crippen LogP contribution in [-0.2, 0) is 4.74 Å². The maximum absolute atomic E-state index is 11.9. The third-order valence-electron chi connectivity index (χ3n) is 3.43. The molecule has 2 aromatic heterocycles. The van der Waals surface area contributed by atoms with Crippen molar-refractivity contribution in [2.45, 2.75) is 19.3 Å². The van der Waals surface area contributed by atoms with Gasteiger partial charge in [-0.15, -0.1) is 0 Å². The van der Waals surface area contributed by atoms with Crippen LogP contribution in [0.3, 0.4) is 0 Å². The van der Waals surface area contributed by atoms with Gasteiger partial charge in [-0.2, -0.15) is 0 Å². The smallest absolute Gasteiger partial charge is 0.338 e. The second kappa shape index (κ2) is 5.22. The minimum absolute atomic E-state index is 0.282. The normalized spacial score (nSPS) is 14.9. The van der Waals surface area contributed by atoms with E-state index in [4.69, 9.17) is 4.74 Å². The minimum atomic E-state index is -0.282. The molecule has 5 nitrogen and oxygen atoms in total. The fourth-order valence-electron chi connectivity index (χ4n) is 2.02. The number of imidazole rings is 1. The van der Waals surface area contributed by atoms with Crippen molar-refractivity contribution in [3.63, 3.8) is 0 Å². The van der Waals surface area contributed by atoms with Crippen molar-refractivity contribution in [1.29, 1.82) is 0 Å². The van der Waals surface area contributed by atoms with Crippen LogP contribution in [0.25, 0.3) is 5.82 Å². The summed E-state index contributed by atoms with van der Waals surface area (Å²) in [5.41, 5.74) is 0.526. The highest BCUT2D eigenvalue weighted by Gasteiger charge is 2.19. The van der Waals surface area contributed by atoms with Crippen molar-refractivity contribution >= 4 is 5.97 Å². The lowest BCUT2D eigenvalue weighted by molar-refractivity contribution is 0.0371. The molecule has 3 rings (SSSR count). The van der Waals surface area contributed by atoms with Gasteiger partial charge in [0.1, 0.15) is 12.1 Å². The highest BCUT2D eigenvalue weighted by Crippen LogP contribution is 2.26. The predicted octanol–water partition coefficient (Wildman–Crippen LogP) is 2.22. The molecule has 0 spiro atoms. The first kappa shape index (κ1) is 11.9. The first-order chi connectivity index (χ1) is 9.33. The van der Waals surface area contributed by atoms with Crippen LogP contribution in [0.4, 0.5) is 0 Å². The molecule has 0 saturated heterocycles. The molecule has 2 aromatic rings. The lowest BCUT2D eigenvalue weighted by atomic mass is 9.86. The first-order valence-corrected chi connectivity index (χ1v) is 6.44. The molecule has 0 atom stereocenters. The van der Waals surface area contributed by atoms with E-state index in [0.29, 0.717) is 23.9 Å². The Kier molecular flexibility index (Phi) is 3.27. The topological polar surface area (TPSA) is 57.0 Å². The number of carbonyl (C=O) groups excluding carboxylic acids is 1. The first-order valence-electron chi connectivity index (χ1n) is 6.44. The number of pyridine rings is 1. The number of rotatable bonds is 4. The Bertz CT molecular complexity index is 562. The highest BCUT2D eigenvalue weighted by atomic mass is 16.5. The zero-order valence-corrected chi connectivity index (χ0v) is 10.5. The predicted molar refractivity (Wildman–Crippen MR) is 69.0 cm³/mol. The molecule has 1 saturated carbocycles. The zero-order chi connectivity index (χ0) is 13.1. The molecule has 19 heavy (non-hydrogen) atoms. The van der Waals surface area contributed by atoms with Gasteiger partial charge in [0.2, 0.25) is 0 Å². The van der Waals surface area contributed by atoms with E-state index in [9.17, 15) is 4.79 Å². The molecule has 0 radical (unpaired) electrons. The van der Waals surface area contributed by atoms with Crippen LogP contribution in [0, 0.1) is 5.92 Å². The van der Waals surface area contributed by atoms with E-state index in [1.807, 2.05) is 0 Å². The number of esters is 1. The van der Waals surface area contributed by atoms with Crippen LogP contribution in [0.15, 0.2) is 37.1 Å². The molecule has 98 valence electrons. The second-order valence-corrected chi connectivity index (χ2v) is 4.77.